The highest BCUT2D eigenvalue weighted by Gasteiger charge is 2.32. The third kappa shape index (κ3) is 8.96. The van der Waals surface area contributed by atoms with Crippen LogP contribution in [0, 0.1) is 23.5 Å². The summed E-state index contributed by atoms with van der Waals surface area (Å²) in [6, 6.07) is 1.58. The molecule has 3 rings (SSSR count). The van der Waals surface area contributed by atoms with Gasteiger partial charge in [-0.1, -0.05) is 23.2 Å². The van der Waals surface area contributed by atoms with E-state index in [1.165, 1.54) is 12.4 Å². The smallest absolute Gasteiger partial charge is 0.434 e. The molecule has 3 aromatic heterocycles. The molecule has 0 atom stereocenters. The molecule has 0 radical (unpaired) electrons. The van der Waals surface area contributed by atoms with E-state index in [1.54, 1.807) is 47.6 Å². The summed E-state index contributed by atoms with van der Waals surface area (Å²) in [5.41, 5.74) is -0.757. The summed E-state index contributed by atoms with van der Waals surface area (Å²) in [5.74, 6) is -5.34. The number of ether oxygens (including phenoxy) is 2. The first kappa shape index (κ1) is 31.6. The van der Waals surface area contributed by atoms with Gasteiger partial charge in [0.1, 0.15) is 22.6 Å². The van der Waals surface area contributed by atoms with Crippen LogP contribution in [0.15, 0.2) is 30.9 Å². The Morgan fingerprint density at radius 1 is 0.897 bits per heavy atom. The van der Waals surface area contributed by atoms with E-state index < -0.39 is 57.6 Å². The fourth-order valence-electron chi connectivity index (χ4n) is 2.58. The Hall–Kier alpha value is -3.65. The van der Waals surface area contributed by atoms with E-state index in [4.69, 9.17) is 32.7 Å². The minimum atomic E-state index is -1.53. The van der Waals surface area contributed by atoms with Gasteiger partial charge in [0, 0.05) is 12.4 Å². The molecule has 0 aromatic carbocycles. The van der Waals surface area contributed by atoms with Gasteiger partial charge >= 0.3 is 12.2 Å². The van der Waals surface area contributed by atoms with Crippen LogP contribution in [0.4, 0.5) is 32.8 Å². The quantitative estimate of drug-likeness (QED) is 0.208. The van der Waals surface area contributed by atoms with E-state index in [0.717, 1.165) is 17.1 Å². The number of hydrogen-bond donors (Lipinski definition) is 1. The van der Waals surface area contributed by atoms with Crippen LogP contribution in [0.1, 0.15) is 41.5 Å². The molecule has 16 heteroatoms. The molecular weight excluding hydrogens is 571 g/mol. The molecule has 0 aliphatic carbocycles. The molecule has 39 heavy (non-hydrogen) atoms. The molecule has 0 aliphatic heterocycles. The maximum Gasteiger partial charge on any atom is 0.434 e. The number of nitrogens with zero attached hydrogens (tertiary/aromatic N) is 5. The van der Waals surface area contributed by atoms with Crippen LogP contribution >= 0.6 is 23.2 Å². The summed E-state index contributed by atoms with van der Waals surface area (Å²) in [6.45, 7) is 9.43. The predicted molar refractivity (Wildman–Crippen MR) is 134 cm³/mol. The van der Waals surface area contributed by atoms with Gasteiger partial charge in [-0.05, 0) is 47.6 Å². The van der Waals surface area contributed by atoms with Crippen molar-refractivity contribution < 1.29 is 36.6 Å². The van der Waals surface area contributed by atoms with Gasteiger partial charge in [0.2, 0.25) is 11.6 Å². The minimum absolute atomic E-state index is 0.00704. The number of halogens is 6. The van der Waals surface area contributed by atoms with Crippen LogP contribution in [0.2, 0.25) is 10.0 Å². The van der Waals surface area contributed by atoms with E-state index in [1.807, 2.05) is 5.43 Å². The fraction of sp³-hybridized carbons (Fsp3) is 0.348. The zero-order valence-corrected chi connectivity index (χ0v) is 23.0. The number of aromatic nitrogens is 4. The van der Waals surface area contributed by atoms with Gasteiger partial charge in [-0.15, -0.1) is 0 Å². The molecule has 212 valence electrons. The lowest BCUT2D eigenvalue weighted by atomic mass is 10.2. The van der Waals surface area contributed by atoms with Crippen molar-refractivity contribution >= 4 is 41.1 Å². The average molecular weight is 595 g/mol. The molecule has 10 nitrogen and oxygen atoms in total. The second-order valence-corrected chi connectivity index (χ2v) is 10.3. The number of hydrazine groups is 1. The molecule has 0 aliphatic rings. The molecule has 0 saturated heterocycles. The maximum absolute atomic E-state index is 14.1. The van der Waals surface area contributed by atoms with E-state index in [-0.39, 0.29) is 10.7 Å². The van der Waals surface area contributed by atoms with Crippen LogP contribution in [-0.4, -0.2) is 43.1 Å². The molecule has 3 aromatic rings. The van der Waals surface area contributed by atoms with E-state index in [0.29, 0.717) is 5.01 Å². The molecule has 3 heterocycles. The van der Waals surface area contributed by atoms with Crippen LogP contribution < -0.4 is 10.4 Å². The Morgan fingerprint density at radius 3 is 1.95 bits per heavy atom. The van der Waals surface area contributed by atoms with Gasteiger partial charge in [-0.25, -0.2) is 29.7 Å². The van der Waals surface area contributed by atoms with Crippen molar-refractivity contribution in [2.75, 3.05) is 5.01 Å². The number of hydrogen-bond acceptors (Lipinski definition) is 7. The zero-order chi connectivity index (χ0) is 29.7. The summed E-state index contributed by atoms with van der Waals surface area (Å²) in [7, 11) is 0. The summed E-state index contributed by atoms with van der Waals surface area (Å²) in [4.78, 5) is 30.5. The highest BCUT2D eigenvalue weighted by molar-refractivity contribution is 6.33. The van der Waals surface area contributed by atoms with Gasteiger partial charge < -0.3 is 9.47 Å². The van der Waals surface area contributed by atoms with Crippen molar-refractivity contribution in [3.63, 3.8) is 0 Å². The Balaban J connectivity index is 0.000000318. The lowest BCUT2D eigenvalue weighted by Crippen LogP contribution is -2.50. The summed E-state index contributed by atoms with van der Waals surface area (Å²) >= 11 is 11.5. The van der Waals surface area contributed by atoms with Crippen LogP contribution in [0.3, 0.4) is 0 Å². The zero-order valence-electron chi connectivity index (χ0n) is 21.5. The third-order valence-electron chi connectivity index (χ3n) is 3.95. The SMILES string of the molecule is CC(C)(C)OC(=O)NN(C(=O)OC(C)(C)C)c1c(Cl)cnc(F)c1F.Fc1ncc(Cl)c(-n2cccn2)c1F. The number of carbonyl (C=O) groups excluding carboxylic acids is 2. The Morgan fingerprint density at radius 2 is 1.44 bits per heavy atom. The van der Waals surface area contributed by atoms with Crippen molar-refractivity contribution in [2.24, 2.45) is 0 Å². The minimum Gasteiger partial charge on any atom is -0.443 e. The molecule has 0 fully saturated rings. The number of rotatable bonds is 2. The second kappa shape index (κ2) is 12.5. The monoisotopic (exact) mass is 594 g/mol. The summed E-state index contributed by atoms with van der Waals surface area (Å²) in [6.07, 6.45) is 2.45. The largest absolute Gasteiger partial charge is 0.443 e. The first-order chi connectivity index (χ1) is 17.9. The Kier molecular flexibility index (Phi) is 10.1. The van der Waals surface area contributed by atoms with E-state index >= 15 is 0 Å². The van der Waals surface area contributed by atoms with Crippen molar-refractivity contribution in [3.8, 4) is 5.69 Å². The summed E-state index contributed by atoms with van der Waals surface area (Å²) < 4.78 is 64.8. The van der Waals surface area contributed by atoms with Gasteiger partial charge in [0.15, 0.2) is 0 Å². The highest BCUT2D eigenvalue weighted by atomic mass is 35.5. The van der Waals surface area contributed by atoms with Gasteiger partial charge in [0.05, 0.1) is 22.4 Å². The normalized spacial score (nSPS) is 11.3. The number of amides is 2. The van der Waals surface area contributed by atoms with Gasteiger partial charge in [0.25, 0.3) is 11.9 Å². The molecule has 0 spiro atoms. The predicted octanol–water partition coefficient (Wildman–Crippen LogP) is 6.39. The van der Waals surface area contributed by atoms with Crippen LogP contribution in [0.25, 0.3) is 5.69 Å². The number of nitrogens with one attached hydrogen (secondary N) is 1. The molecule has 0 saturated carbocycles. The molecule has 1 N–H and O–H groups in total. The lowest BCUT2D eigenvalue weighted by molar-refractivity contribution is 0.0424. The maximum atomic E-state index is 14.1. The highest BCUT2D eigenvalue weighted by Crippen LogP contribution is 2.30. The first-order valence-corrected chi connectivity index (χ1v) is 11.7. The van der Waals surface area contributed by atoms with Crippen molar-refractivity contribution in [3.05, 3.63) is 64.4 Å². The van der Waals surface area contributed by atoms with E-state index in [2.05, 4.69) is 15.1 Å². The standard InChI is InChI=1S/C15H20ClF2N3O4.C8H4ClF2N3/c1-14(2,3)24-12(22)20-21(13(23)25-15(4,5)6)10-8(16)7-19-11(18)9(10)17;9-5-4-12-8(11)6(10)7(5)14-3-1-2-13-14/h7H,1-6H3,(H,20,22);1-4H. The Bertz CT molecular complexity index is 1330. The number of anilines is 1. The number of carbonyl (C=O) groups is 2. The molecule has 0 bridgehead atoms. The average Bonchev–Trinajstić information content (AvgIpc) is 3.31. The molecular formula is C23H24Cl2F4N6O4. The van der Waals surface area contributed by atoms with Crippen molar-refractivity contribution in [1.29, 1.82) is 0 Å². The number of pyridine rings is 2. The second-order valence-electron chi connectivity index (χ2n) is 9.50. The lowest BCUT2D eigenvalue weighted by Gasteiger charge is -2.29. The third-order valence-corrected chi connectivity index (χ3v) is 4.50. The summed E-state index contributed by atoms with van der Waals surface area (Å²) in [5, 5.41) is 3.67. The van der Waals surface area contributed by atoms with Crippen molar-refractivity contribution in [2.45, 2.75) is 52.7 Å². The van der Waals surface area contributed by atoms with Crippen LogP contribution in [-0.2, 0) is 9.47 Å². The van der Waals surface area contributed by atoms with Gasteiger partial charge in [-0.3, -0.25) is 0 Å². The Labute approximate surface area is 230 Å². The topological polar surface area (TPSA) is 111 Å². The van der Waals surface area contributed by atoms with Crippen molar-refractivity contribution in [1.82, 2.24) is 25.2 Å². The van der Waals surface area contributed by atoms with Gasteiger partial charge in [-0.2, -0.15) is 27.7 Å². The fourth-order valence-corrected chi connectivity index (χ4v) is 3.01. The van der Waals surface area contributed by atoms with Crippen LogP contribution in [0.5, 0.6) is 0 Å². The molecule has 2 amide bonds. The van der Waals surface area contributed by atoms with E-state index in [9.17, 15) is 27.2 Å². The molecule has 0 unspecified atom stereocenters. The first-order valence-electron chi connectivity index (χ1n) is 10.9.